The molecule has 0 unspecified atom stereocenters. The first kappa shape index (κ1) is 20.0. The number of aryl methyl sites for hydroxylation is 3. The van der Waals surface area contributed by atoms with Gasteiger partial charge in [-0.25, -0.2) is 0 Å². The molecule has 1 aromatic carbocycles. The van der Waals surface area contributed by atoms with Crippen molar-refractivity contribution in [1.82, 2.24) is 9.78 Å². The van der Waals surface area contributed by atoms with Gasteiger partial charge in [0.1, 0.15) is 0 Å². The molecule has 1 N–H and O–H groups in total. The number of amides is 1. The minimum atomic E-state index is -0.860. The second kappa shape index (κ2) is 8.89. The van der Waals surface area contributed by atoms with Crippen LogP contribution in [0.3, 0.4) is 0 Å². The van der Waals surface area contributed by atoms with E-state index in [9.17, 15) is 9.59 Å². The second-order valence-electron chi connectivity index (χ2n) is 6.27. The van der Waals surface area contributed by atoms with E-state index in [1.165, 1.54) is 17.3 Å². The molecule has 0 aliphatic rings. The number of hydrogen-bond acceptors (Lipinski definition) is 5. The van der Waals surface area contributed by atoms with Crippen LogP contribution in [-0.4, -0.2) is 33.5 Å². The van der Waals surface area contributed by atoms with E-state index in [4.69, 9.17) is 4.74 Å². The van der Waals surface area contributed by atoms with Crippen LogP contribution in [0.1, 0.15) is 29.4 Å². The number of thioether (sulfide) groups is 1. The van der Waals surface area contributed by atoms with Crippen molar-refractivity contribution in [2.24, 2.45) is 7.05 Å². The van der Waals surface area contributed by atoms with Crippen molar-refractivity contribution in [1.29, 1.82) is 0 Å². The molecular formula is C19H25N3O3S. The minimum Gasteiger partial charge on any atom is -0.452 e. The molecule has 0 aliphatic heterocycles. The number of nitrogens with one attached hydrogen (secondary N) is 1. The monoisotopic (exact) mass is 375 g/mol. The Hall–Kier alpha value is -2.28. The molecule has 140 valence electrons. The van der Waals surface area contributed by atoms with Gasteiger partial charge in [0.2, 0.25) is 0 Å². The molecule has 6 nitrogen and oxygen atoms in total. The smallest absolute Gasteiger partial charge is 0.316 e. The number of benzene rings is 1. The zero-order valence-corrected chi connectivity index (χ0v) is 16.6. The lowest BCUT2D eigenvalue weighted by Gasteiger charge is -2.13. The fraction of sp³-hybridized carbons (Fsp3) is 0.421. The molecule has 1 amide bonds. The van der Waals surface area contributed by atoms with Gasteiger partial charge in [-0.1, -0.05) is 29.8 Å². The third-order valence-electron chi connectivity index (χ3n) is 4.04. The van der Waals surface area contributed by atoms with E-state index in [2.05, 4.69) is 10.4 Å². The normalized spacial score (nSPS) is 11.9. The van der Waals surface area contributed by atoms with E-state index >= 15 is 0 Å². The van der Waals surface area contributed by atoms with Crippen molar-refractivity contribution < 1.29 is 14.3 Å². The van der Waals surface area contributed by atoms with Gasteiger partial charge in [-0.2, -0.15) is 5.10 Å². The SMILES string of the molecule is Cc1ccc(CSCC(=O)O[C@H](C)C(=O)Nc2c(C)nn(C)c2C)cc1. The first-order chi connectivity index (χ1) is 12.3. The summed E-state index contributed by atoms with van der Waals surface area (Å²) in [6, 6.07) is 8.18. The molecule has 7 heteroatoms. The van der Waals surface area contributed by atoms with Gasteiger partial charge >= 0.3 is 5.97 Å². The van der Waals surface area contributed by atoms with Gasteiger partial charge in [-0.3, -0.25) is 14.3 Å². The summed E-state index contributed by atoms with van der Waals surface area (Å²) < 4.78 is 6.93. The number of carbonyl (C=O) groups excluding carboxylic acids is 2. The predicted octanol–water partition coefficient (Wildman–Crippen LogP) is 3.15. The highest BCUT2D eigenvalue weighted by atomic mass is 32.2. The number of esters is 1. The summed E-state index contributed by atoms with van der Waals surface area (Å²) in [5.74, 6) is 0.172. The van der Waals surface area contributed by atoms with Crippen LogP contribution in [0.15, 0.2) is 24.3 Å². The zero-order chi connectivity index (χ0) is 19.3. The molecule has 1 aromatic heterocycles. The quantitative estimate of drug-likeness (QED) is 0.753. The van der Waals surface area contributed by atoms with Crippen molar-refractivity contribution in [2.75, 3.05) is 11.1 Å². The average molecular weight is 375 g/mol. The Morgan fingerprint density at radius 3 is 2.46 bits per heavy atom. The third kappa shape index (κ3) is 5.36. The summed E-state index contributed by atoms with van der Waals surface area (Å²) in [6.07, 6.45) is -0.860. The van der Waals surface area contributed by atoms with Crippen LogP contribution in [0.4, 0.5) is 5.69 Å². The van der Waals surface area contributed by atoms with Crippen LogP contribution < -0.4 is 5.32 Å². The molecule has 2 aromatic rings. The van der Waals surface area contributed by atoms with Gasteiger partial charge in [0, 0.05) is 12.8 Å². The highest BCUT2D eigenvalue weighted by Crippen LogP contribution is 2.19. The molecule has 0 aliphatic carbocycles. The molecule has 0 saturated carbocycles. The summed E-state index contributed by atoms with van der Waals surface area (Å²) in [6.45, 7) is 7.29. The van der Waals surface area contributed by atoms with Gasteiger partial charge in [-0.05, 0) is 33.3 Å². The lowest BCUT2D eigenvalue weighted by molar-refractivity contribution is -0.150. The van der Waals surface area contributed by atoms with Crippen molar-refractivity contribution in [3.05, 3.63) is 46.8 Å². The van der Waals surface area contributed by atoms with Gasteiger partial charge in [-0.15, -0.1) is 11.8 Å². The Balaban J connectivity index is 1.78. The molecule has 1 atom stereocenters. The van der Waals surface area contributed by atoms with E-state index < -0.39 is 12.1 Å². The molecule has 0 bridgehead atoms. The first-order valence-electron chi connectivity index (χ1n) is 8.41. The molecule has 0 fully saturated rings. The molecule has 26 heavy (non-hydrogen) atoms. The molecule has 0 spiro atoms. The van der Waals surface area contributed by atoms with Crippen molar-refractivity contribution in [2.45, 2.75) is 39.6 Å². The highest BCUT2D eigenvalue weighted by Gasteiger charge is 2.20. The lowest BCUT2D eigenvalue weighted by atomic mass is 10.2. The number of anilines is 1. The molecule has 0 saturated heterocycles. The number of hydrogen-bond donors (Lipinski definition) is 1. The first-order valence-corrected chi connectivity index (χ1v) is 9.57. The Bertz CT molecular complexity index is 784. The summed E-state index contributed by atoms with van der Waals surface area (Å²) in [5.41, 5.74) is 4.60. The molecule has 1 heterocycles. The number of carbonyl (C=O) groups is 2. The van der Waals surface area contributed by atoms with Crippen LogP contribution in [0.2, 0.25) is 0 Å². The Morgan fingerprint density at radius 1 is 1.23 bits per heavy atom. The van der Waals surface area contributed by atoms with Gasteiger partial charge in [0.05, 0.1) is 22.8 Å². The standard InChI is InChI=1S/C19H25N3O3S/c1-12-6-8-16(9-7-12)10-26-11-17(23)25-15(4)19(24)20-18-13(2)21-22(5)14(18)3/h6-9,15H,10-11H2,1-5H3,(H,20,24)/t15-/m1/s1. The summed E-state index contributed by atoms with van der Waals surface area (Å²) in [4.78, 5) is 24.2. The van der Waals surface area contributed by atoms with Crippen LogP contribution >= 0.6 is 11.8 Å². The maximum Gasteiger partial charge on any atom is 0.316 e. The lowest BCUT2D eigenvalue weighted by Crippen LogP contribution is -2.30. The minimum absolute atomic E-state index is 0.205. The number of rotatable bonds is 7. The summed E-state index contributed by atoms with van der Waals surface area (Å²) in [7, 11) is 1.81. The predicted molar refractivity (Wildman–Crippen MR) is 104 cm³/mol. The maximum absolute atomic E-state index is 12.3. The van der Waals surface area contributed by atoms with E-state index in [0.717, 1.165) is 22.7 Å². The van der Waals surface area contributed by atoms with Crippen molar-refractivity contribution in [3.8, 4) is 0 Å². The van der Waals surface area contributed by atoms with Crippen LogP contribution in [0.25, 0.3) is 0 Å². The Kier molecular flexibility index (Phi) is 6.85. The van der Waals surface area contributed by atoms with E-state index in [0.29, 0.717) is 5.69 Å². The Morgan fingerprint density at radius 2 is 1.88 bits per heavy atom. The number of nitrogens with zero attached hydrogens (tertiary/aromatic N) is 2. The molecule has 2 rings (SSSR count). The van der Waals surface area contributed by atoms with Crippen LogP contribution in [0, 0.1) is 20.8 Å². The van der Waals surface area contributed by atoms with Crippen molar-refractivity contribution >= 4 is 29.3 Å². The van der Waals surface area contributed by atoms with E-state index in [1.807, 2.05) is 52.1 Å². The fourth-order valence-corrected chi connectivity index (χ4v) is 3.17. The van der Waals surface area contributed by atoms with Gasteiger partial charge in [0.25, 0.3) is 5.91 Å². The van der Waals surface area contributed by atoms with E-state index in [1.54, 1.807) is 11.6 Å². The second-order valence-corrected chi connectivity index (χ2v) is 7.25. The van der Waals surface area contributed by atoms with Gasteiger partial charge < -0.3 is 10.1 Å². The third-order valence-corrected chi connectivity index (χ3v) is 5.02. The van der Waals surface area contributed by atoms with Crippen LogP contribution in [0.5, 0.6) is 0 Å². The average Bonchev–Trinajstić information content (AvgIpc) is 2.82. The van der Waals surface area contributed by atoms with Gasteiger partial charge in [0.15, 0.2) is 6.10 Å². The Labute approximate surface area is 158 Å². The van der Waals surface area contributed by atoms with Crippen LogP contribution in [-0.2, 0) is 27.1 Å². The zero-order valence-electron chi connectivity index (χ0n) is 15.8. The van der Waals surface area contributed by atoms with Crippen molar-refractivity contribution in [3.63, 3.8) is 0 Å². The molecule has 0 radical (unpaired) electrons. The number of ether oxygens (including phenoxy) is 1. The summed E-state index contributed by atoms with van der Waals surface area (Å²) >= 11 is 1.47. The fourth-order valence-electron chi connectivity index (χ4n) is 2.40. The van der Waals surface area contributed by atoms with E-state index in [-0.39, 0.29) is 11.7 Å². The largest absolute Gasteiger partial charge is 0.452 e. The number of aromatic nitrogens is 2. The highest BCUT2D eigenvalue weighted by molar-refractivity contribution is 7.99. The maximum atomic E-state index is 12.3. The molecular weight excluding hydrogens is 350 g/mol. The topological polar surface area (TPSA) is 73.2 Å². The summed E-state index contributed by atoms with van der Waals surface area (Å²) in [5, 5.41) is 7.03.